The fraction of sp³-hybridized carbons (Fsp3) is 0.474. The van der Waals surface area contributed by atoms with E-state index in [0.29, 0.717) is 13.0 Å². The maximum absolute atomic E-state index is 12.0. The summed E-state index contributed by atoms with van der Waals surface area (Å²) in [6.45, 7) is 2.90. The minimum atomic E-state index is 0.0824. The summed E-state index contributed by atoms with van der Waals surface area (Å²) >= 11 is 0. The molecule has 1 N–H and O–H groups in total. The Balaban J connectivity index is 1.43. The minimum Gasteiger partial charge on any atom is -0.372 e. The topological polar surface area (TPSA) is 50.2 Å². The van der Waals surface area contributed by atoms with Crippen molar-refractivity contribution in [3.05, 3.63) is 47.8 Å². The van der Waals surface area contributed by atoms with Gasteiger partial charge in [0.05, 0.1) is 6.20 Å². The number of amides is 1. The number of piperidine rings is 1. The van der Waals surface area contributed by atoms with E-state index < -0.39 is 0 Å². The summed E-state index contributed by atoms with van der Waals surface area (Å²) in [5.74, 6) is 0.0824. The number of aryl methyl sites for hydroxylation is 2. The number of carbonyl (C=O) groups is 1. The maximum Gasteiger partial charge on any atom is 0.220 e. The van der Waals surface area contributed by atoms with Crippen LogP contribution in [0.3, 0.4) is 0 Å². The van der Waals surface area contributed by atoms with E-state index >= 15 is 0 Å². The summed E-state index contributed by atoms with van der Waals surface area (Å²) in [4.78, 5) is 14.4. The van der Waals surface area contributed by atoms with E-state index in [-0.39, 0.29) is 5.91 Å². The largest absolute Gasteiger partial charge is 0.372 e. The highest BCUT2D eigenvalue weighted by molar-refractivity contribution is 5.76. The molecule has 0 bridgehead atoms. The Hall–Kier alpha value is -2.30. The SMILES string of the molecule is Cn1cc(CCC(=O)NCc2ccc(N3CCCCC3)cc2)cn1. The molecule has 5 heteroatoms. The van der Waals surface area contributed by atoms with E-state index in [1.165, 1.54) is 24.9 Å². The van der Waals surface area contributed by atoms with Crippen molar-refractivity contribution < 1.29 is 4.79 Å². The monoisotopic (exact) mass is 326 g/mol. The summed E-state index contributed by atoms with van der Waals surface area (Å²) in [6.07, 6.45) is 8.91. The van der Waals surface area contributed by atoms with Gasteiger partial charge < -0.3 is 10.2 Å². The fourth-order valence-corrected chi connectivity index (χ4v) is 3.12. The molecule has 0 spiro atoms. The molecule has 2 heterocycles. The molecule has 0 unspecified atom stereocenters. The molecule has 0 radical (unpaired) electrons. The van der Waals surface area contributed by atoms with Gasteiger partial charge in [-0.1, -0.05) is 12.1 Å². The van der Waals surface area contributed by atoms with E-state index in [1.807, 2.05) is 19.4 Å². The lowest BCUT2D eigenvalue weighted by Crippen LogP contribution is -2.29. The molecule has 1 saturated heterocycles. The van der Waals surface area contributed by atoms with Crippen LogP contribution < -0.4 is 10.2 Å². The van der Waals surface area contributed by atoms with Crippen LogP contribution in [0.1, 0.15) is 36.8 Å². The predicted octanol–water partition coefficient (Wildman–Crippen LogP) is 2.66. The quantitative estimate of drug-likeness (QED) is 0.888. The smallest absolute Gasteiger partial charge is 0.220 e. The summed E-state index contributed by atoms with van der Waals surface area (Å²) in [5.41, 5.74) is 3.53. The van der Waals surface area contributed by atoms with E-state index in [1.54, 1.807) is 4.68 Å². The van der Waals surface area contributed by atoms with Crippen molar-refractivity contribution in [2.24, 2.45) is 7.05 Å². The molecule has 0 aliphatic carbocycles. The second-order valence-corrected chi connectivity index (χ2v) is 6.51. The van der Waals surface area contributed by atoms with Gasteiger partial charge in [0, 0.05) is 45.0 Å². The number of benzene rings is 1. The van der Waals surface area contributed by atoms with Gasteiger partial charge in [0.2, 0.25) is 5.91 Å². The standard InChI is InChI=1S/C19H26N4O/c1-22-15-17(14-21-22)7-10-19(24)20-13-16-5-8-18(9-6-16)23-11-3-2-4-12-23/h5-6,8-9,14-15H,2-4,7,10-13H2,1H3,(H,20,24). The summed E-state index contributed by atoms with van der Waals surface area (Å²) in [7, 11) is 1.89. The van der Waals surface area contributed by atoms with Crippen LogP contribution in [0, 0.1) is 0 Å². The van der Waals surface area contributed by atoms with E-state index in [9.17, 15) is 4.79 Å². The van der Waals surface area contributed by atoms with Crippen LogP contribution in [-0.2, 0) is 24.8 Å². The zero-order valence-electron chi connectivity index (χ0n) is 14.4. The van der Waals surface area contributed by atoms with Gasteiger partial charge in [-0.05, 0) is 48.9 Å². The first-order valence-corrected chi connectivity index (χ1v) is 8.79. The summed E-state index contributed by atoms with van der Waals surface area (Å²) < 4.78 is 1.76. The zero-order valence-corrected chi connectivity index (χ0v) is 14.4. The molecule has 1 fully saturated rings. The van der Waals surface area contributed by atoms with Gasteiger partial charge in [0.15, 0.2) is 0 Å². The van der Waals surface area contributed by atoms with Crippen LogP contribution in [0.15, 0.2) is 36.7 Å². The molecule has 5 nitrogen and oxygen atoms in total. The summed E-state index contributed by atoms with van der Waals surface area (Å²) in [6, 6.07) is 8.57. The Morgan fingerprint density at radius 2 is 1.88 bits per heavy atom. The maximum atomic E-state index is 12.0. The lowest BCUT2D eigenvalue weighted by atomic mass is 10.1. The van der Waals surface area contributed by atoms with E-state index in [0.717, 1.165) is 30.6 Å². The molecule has 1 aromatic carbocycles. The highest BCUT2D eigenvalue weighted by Crippen LogP contribution is 2.20. The number of hydrogen-bond donors (Lipinski definition) is 1. The first-order valence-electron chi connectivity index (χ1n) is 8.79. The molecule has 1 aliphatic heterocycles. The molecule has 1 aliphatic rings. The molecule has 24 heavy (non-hydrogen) atoms. The number of anilines is 1. The molecule has 3 rings (SSSR count). The molecule has 2 aromatic rings. The molecule has 128 valence electrons. The predicted molar refractivity (Wildman–Crippen MR) is 95.9 cm³/mol. The van der Waals surface area contributed by atoms with Gasteiger partial charge in [0.25, 0.3) is 0 Å². The van der Waals surface area contributed by atoms with Gasteiger partial charge in [-0.15, -0.1) is 0 Å². The Kier molecular flexibility index (Phi) is 5.51. The molecular weight excluding hydrogens is 300 g/mol. The lowest BCUT2D eigenvalue weighted by molar-refractivity contribution is -0.121. The number of rotatable bonds is 6. The Bertz CT molecular complexity index is 656. The average Bonchev–Trinajstić information content (AvgIpc) is 3.05. The molecule has 1 aromatic heterocycles. The molecule has 0 atom stereocenters. The lowest BCUT2D eigenvalue weighted by Gasteiger charge is -2.28. The van der Waals surface area contributed by atoms with Crippen LogP contribution >= 0.6 is 0 Å². The van der Waals surface area contributed by atoms with Crippen LogP contribution in [0.5, 0.6) is 0 Å². The minimum absolute atomic E-state index is 0.0824. The van der Waals surface area contributed by atoms with Gasteiger partial charge in [-0.3, -0.25) is 9.48 Å². The number of nitrogens with zero attached hydrogens (tertiary/aromatic N) is 3. The second-order valence-electron chi connectivity index (χ2n) is 6.51. The van der Waals surface area contributed by atoms with Gasteiger partial charge in [-0.25, -0.2) is 0 Å². The van der Waals surface area contributed by atoms with Crippen molar-refractivity contribution in [1.82, 2.24) is 15.1 Å². The first-order chi connectivity index (χ1) is 11.7. The van der Waals surface area contributed by atoms with Crippen molar-refractivity contribution in [1.29, 1.82) is 0 Å². The number of carbonyl (C=O) groups excluding carboxylic acids is 1. The third kappa shape index (κ3) is 4.60. The van der Waals surface area contributed by atoms with E-state index in [4.69, 9.17) is 0 Å². The number of hydrogen-bond acceptors (Lipinski definition) is 3. The van der Waals surface area contributed by atoms with Crippen LogP contribution in [0.25, 0.3) is 0 Å². The van der Waals surface area contributed by atoms with Gasteiger partial charge in [0.1, 0.15) is 0 Å². The highest BCUT2D eigenvalue weighted by atomic mass is 16.1. The number of nitrogens with one attached hydrogen (secondary N) is 1. The Labute approximate surface area is 143 Å². The van der Waals surface area contributed by atoms with Crippen LogP contribution in [-0.4, -0.2) is 28.8 Å². The van der Waals surface area contributed by atoms with Crippen molar-refractivity contribution in [3.8, 4) is 0 Å². The molecule has 0 saturated carbocycles. The van der Waals surface area contributed by atoms with Crippen molar-refractivity contribution in [2.75, 3.05) is 18.0 Å². The first kappa shape index (κ1) is 16.6. The van der Waals surface area contributed by atoms with Gasteiger partial charge in [-0.2, -0.15) is 5.10 Å². The third-order valence-corrected chi connectivity index (χ3v) is 4.55. The van der Waals surface area contributed by atoms with E-state index in [2.05, 4.69) is 39.6 Å². The van der Waals surface area contributed by atoms with Crippen molar-refractivity contribution >= 4 is 11.6 Å². The van der Waals surface area contributed by atoms with Crippen LogP contribution in [0.4, 0.5) is 5.69 Å². The average molecular weight is 326 g/mol. The number of aromatic nitrogens is 2. The highest BCUT2D eigenvalue weighted by Gasteiger charge is 2.10. The molecule has 1 amide bonds. The van der Waals surface area contributed by atoms with Crippen LogP contribution in [0.2, 0.25) is 0 Å². The van der Waals surface area contributed by atoms with Gasteiger partial charge >= 0.3 is 0 Å². The van der Waals surface area contributed by atoms with Crippen molar-refractivity contribution in [3.63, 3.8) is 0 Å². The molecular formula is C19H26N4O. The summed E-state index contributed by atoms with van der Waals surface area (Å²) in [5, 5.41) is 7.11. The second kappa shape index (κ2) is 7.99. The van der Waals surface area contributed by atoms with Crippen molar-refractivity contribution in [2.45, 2.75) is 38.6 Å². The Morgan fingerprint density at radius 1 is 1.12 bits per heavy atom. The zero-order chi connectivity index (χ0) is 16.8. The normalized spacial score (nSPS) is 14.6. The fourth-order valence-electron chi connectivity index (χ4n) is 3.12. The third-order valence-electron chi connectivity index (χ3n) is 4.55. The Morgan fingerprint density at radius 3 is 2.54 bits per heavy atom.